The van der Waals surface area contributed by atoms with Gasteiger partial charge in [-0.3, -0.25) is 10.1 Å². The Hall–Kier alpha value is -3.44. The Morgan fingerprint density at radius 3 is 2.17 bits per heavy atom. The molecule has 2 saturated carbocycles. The number of amides is 2. The molecule has 0 N–H and O–H groups in total. The standard InChI is InChI=1S/C17H18N6O6/c1-28-16(24)21-14-10-7-11(15(14)22(21)17(25)29-2)13-12(10)18-19-20(13)8-3-5-9(6-4-8)23(26)27/h3-6,10-15H,7H2,1-2H3/t10-,11+,12+,13-,14-,15+/m1/s1. The summed E-state index contributed by atoms with van der Waals surface area (Å²) in [5.74, 6) is 0.0713. The Labute approximate surface area is 164 Å². The van der Waals surface area contributed by atoms with Crippen molar-refractivity contribution in [1.29, 1.82) is 0 Å². The van der Waals surface area contributed by atoms with Gasteiger partial charge in [0.05, 0.1) is 43.0 Å². The first kappa shape index (κ1) is 17.6. The van der Waals surface area contributed by atoms with Gasteiger partial charge in [0.25, 0.3) is 5.69 Å². The fourth-order valence-corrected chi connectivity index (χ4v) is 5.37. The molecular weight excluding hydrogens is 384 g/mol. The second-order valence-electron chi connectivity index (χ2n) is 7.48. The van der Waals surface area contributed by atoms with Crippen LogP contribution < -0.4 is 5.01 Å². The minimum Gasteiger partial charge on any atom is -0.452 e. The molecule has 1 aromatic carbocycles. The topological polar surface area (TPSA) is 130 Å². The maximum absolute atomic E-state index is 12.3. The third-order valence-corrected chi connectivity index (χ3v) is 6.41. The molecular formula is C17H18N6O6. The highest BCUT2D eigenvalue weighted by molar-refractivity contribution is 5.77. The van der Waals surface area contributed by atoms with Crippen LogP contribution >= 0.6 is 0 Å². The molecule has 2 aliphatic heterocycles. The molecule has 2 aliphatic carbocycles. The van der Waals surface area contributed by atoms with E-state index in [1.807, 2.05) is 0 Å². The number of anilines is 1. The van der Waals surface area contributed by atoms with Crippen molar-refractivity contribution < 1.29 is 24.0 Å². The number of nitrogens with zero attached hydrogens (tertiary/aromatic N) is 6. The molecule has 0 aromatic heterocycles. The summed E-state index contributed by atoms with van der Waals surface area (Å²) in [4.78, 5) is 35.0. The molecule has 2 amide bonds. The number of carbonyl (C=O) groups excluding carboxylic acids is 2. The molecule has 1 saturated heterocycles. The van der Waals surface area contributed by atoms with E-state index in [1.165, 1.54) is 36.4 Å². The first-order valence-corrected chi connectivity index (χ1v) is 9.16. The molecule has 0 spiro atoms. The predicted octanol–water partition coefficient (Wildman–Crippen LogP) is 1.97. The smallest absolute Gasteiger partial charge is 0.429 e. The Kier molecular flexibility index (Phi) is 3.67. The number of nitro benzene ring substituents is 1. The molecule has 1 aromatic rings. The molecule has 0 radical (unpaired) electrons. The minimum atomic E-state index is -0.616. The molecule has 2 heterocycles. The number of carbonyl (C=O) groups is 2. The number of methoxy groups -OCH3 is 2. The summed E-state index contributed by atoms with van der Waals surface area (Å²) in [5.41, 5.74) is 0.698. The number of benzene rings is 1. The van der Waals surface area contributed by atoms with E-state index < -0.39 is 17.1 Å². The lowest BCUT2D eigenvalue weighted by Gasteiger charge is -2.58. The average molecular weight is 402 g/mol. The Bertz CT molecular complexity index is 921. The second kappa shape index (κ2) is 6.03. The van der Waals surface area contributed by atoms with E-state index in [2.05, 4.69) is 10.3 Å². The Morgan fingerprint density at radius 2 is 1.62 bits per heavy atom. The van der Waals surface area contributed by atoms with E-state index in [9.17, 15) is 19.7 Å². The van der Waals surface area contributed by atoms with Crippen molar-refractivity contribution in [2.75, 3.05) is 19.2 Å². The lowest BCUT2D eigenvalue weighted by molar-refractivity contribution is -0.384. The minimum absolute atomic E-state index is 0.000906. The van der Waals surface area contributed by atoms with E-state index in [-0.39, 0.29) is 41.7 Å². The lowest BCUT2D eigenvalue weighted by atomic mass is 9.79. The summed E-state index contributed by atoms with van der Waals surface area (Å²) in [6.45, 7) is 0. The number of ether oxygens (including phenoxy) is 2. The Balaban J connectivity index is 1.44. The van der Waals surface area contributed by atoms with Gasteiger partial charge in [-0.2, -0.15) is 5.11 Å². The number of hydrogen-bond acceptors (Lipinski definition) is 9. The largest absolute Gasteiger partial charge is 0.452 e. The fraction of sp³-hybridized carbons (Fsp3) is 0.529. The van der Waals surface area contributed by atoms with Crippen LogP contribution in [-0.4, -0.2) is 65.5 Å². The second-order valence-corrected chi connectivity index (χ2v) is 7.48. The Morgan fingerprint density at radius 1 is 1.03 bits per heavy atom. The summed E-state index contributed by atoms with van der Waals surface area (Å²) in [7, 11) is 2.54. The summed E-state index contributed by atoms with van der Waals surface area (Å²) in [6.07, 6.45) is -0.439. The van der Waals surface area contributed by atoms with Crippen molar-refractivity contribution in [2.45, 2.75) is 30.6 Å². The van der Waals surface area contributed by atoms with E-state index >= 15 is 0 Å². The van der Waals surface area contributed by atoms with E-state index in [0.29, 0.717) is 5.69 Å². The van der Waals surface area contributed by atoms with E-state index in [1.54, 1.807) is 17.1 Å². The van der Waals surface area contributed by atoms with Gasteiger partial charge in [0.15, 0.2) is 0 Å². The quantitative estimate of drug-likeness (QED) is 0.546. The highest BCUT2D eigenvalue weighted by Crippen LogP contribution is 2.59. The van der Waals surface area contributed by atoms with Gasteiger partial charge < -0.3 is 9.47 Å². The molecule has 12 heteroatoms. The van der Waals surface area contributed by atoms with Crippen LogP contribution in [0, 0.1) is 22.0 Å². The summed E-state index contributed by atoms with van der Waals surface area (Å²) >= 11 is 0. The first-order chi connectivity index (χ1) is 14.0. The maximum atomic E-state index is 12.3. The van der Waals surface area contributed by atoms with Crippen LogP contribution in [0.2, 0.25) is 0 Å². The number of hydrazine groups is 1. The number of hydrogen-bond donors (Lipinski definition) is 0. The molecule has 5 rings (SSSR count). The highest BCUT2D eigenvalue weighted by Gasteiger charge is 2.73. The van der Waals surface area contributed by atoms with Gasteiger partial charge >= 0.3 is 12.2 Å². The van der Waals surface area contributed by atoms with Crippen LogP contribution in [0.15, 0.2) is 34.6 Å². The summed E-state index contributed by atoms with van der Waals surface area (Å²) in [6, 6.07) is 5.53. The fourth-order valence-electron chi connectivity index (χ4n) is 5.37. The SMILES string of the molecule is COC(=O)N1[C@@H]2[C@@H]3C[C@@H]([C@@H]4[C@H]3N=NN4c3ccc([N+](=O)[O-])cc3)[C@@H]2N1C(=O)OC. The average Bonchev–Trinajstić information content (AvgIpc) is 3.37. The van der Waals surface area contributed by atoms with Crippen LogP contribution in [0.5, 0.6) is 0 Å². The molecule has 2 bridgehead atoms. The molecule has 0 unspecified atom stereocenters. The summed E-state index contributed by atoms with van der Waals surface area (Å²) in [5, 5.41) is 24.0. The third-order valence-electron chi connectivity index (χ3n) is 6.41. The van der Waals surface area contributed by atoms with Gasteiger partial charge in [-0.25, -0.2) is 24.6 Å². The van der Waals surface area contributed by atoms with Crippen LogP contribution in [0.25, 0.3) is 0 Å². The van der Waals surface area contributed by atoms with Crippen LogP contribution in [0.4, 0.5) is 21.0 Å². The molecule has 29 heavy (non-hydrogen) atoms. The lowest BCUT2D eigenvalue weighted by Crippen LogP contribution is -2.78. The predicted molar refractivity (Wildman–Crippen MR) is 95.7 cm³/mol. The van der Waals surface area contributed by atoms with E-state index in [4.69, 9.17) is 9.47 Å². The van der Waals surface area contributed by atoms with Crippen molar-refractivity contribution in [2.24, 2.45) is 22.2 Å². The van der Waals surface area contributed by atoms with E-state index in [0.717, 1.165) is 6.42 Å². The van der Waals surface area contributed by atoms with Gasteiger partial charge in [-0.05, 0) is 18.6 Å². The van der Waals surface area contributed by atoms with Crippen molar-refractivity contribution in [3.63, 3.8) is 0 Å². The molecule has 152 valence electrons. The van der Waals surface area contributed by atoms with Gasteiger partial charge in [0.1, 0.15) is 6.04 Å². The highest BCUT2D eigenvalue weighted by atomic mass is 16.6. The molecule has 12 nitrogen and oxygen atoms in total. The zero-order chi connectivity index (χ0) is 20.4. The third kappa shape index (κ3) is 2.19. The maximum Gasteiger partial charge on any atom is 0.429 e. The first-order valence-electron chi connectivity index (χ1n) is 9.16. The van der Waals surface area contributed by atoms with Crippen molar-refractivity contribution in [3.05, 3.63) is 34.4 Å². The van der Waals surface area contributed by atoms with Crippen molar-refractivity contribution >= 4 is 23.6 Å². The normalized spacial score (nSPS) is 33.2. The van der Waals surface area contributed by atoms with Crippen molar-refractivity contribution in [3.8, 4) is 0 Å². The van der Waals surface area contributed by atoms with Crippen LogP contribution in [0.3, 0.4) is 0 Å². The number of fused-ring (bicyclic) bond motifs is 8. The van der Waals surface area contributed by atoms with Gasteiger partial charge in [0, 0.05) is 24.0 Å². The monoisotopic (exact) mass is 402 g/mol. The zero-order valence-electron chi connectivity index (χ0n) is 15.6. The van der Waals surface area contributed by atoms with Crippen LogP contribution in [0.1, 0.15) is 6.42 Å². The molecule has 3 fully saturated rings. The molecule has 6 atom stereocenters. The number of nitro groups is 1. The van der Waals surface area contributed by atoms with Crippen LogP contribution in [-0.2, 0) is 9.47 Å². The van der Waals surface area contributed by atoms with Gasteiger partial charge in [0.2, 0.25) is 0 Å². The molecule has 4 aliphatic rings. The summed E-state index contributed by atoms with van der Waals surface area (Å²) < 4.78 is 9.71. The van der Waals surface area contributed by atoms with Gasteiger partial charge in [-0.1, -0.05) is 5.22 Å². The zero-order valence-corrected chi connectivity index (χ0v) is 15.6. The van der Waals surface area contributed by atoms with Gasteiger partial charge in [-0.15, -0.1) is 0 Å². The van der Waals surface area contributed by atoms with Crippen molar-refractivity contribution in [1.82, 2.24) is 10.0 Å². The number of non-ortho nitro benzene ring substituents is 1. The number of rotatable bonds is 2.